The molecule has 0 aliphatic heterocycles. The third-order valence-corrected chi connectivity index (χ3v) is 2.71. The Morgan fingerprint density at radius 1 is 1.50 bits per heavy atom. The summed E-state index contributed by atoms with van der Waals surface area (Å²) in [6.07, 6.45) is 8.47. The zero-order chi connectivity index (χ0) is 8.81. The normalized spacial score (nSPS) is 18.9. The molecule has 1 fully saturated rings. The Hall–Kier alpha value is -0.0100. The molecule has 1 nitrogen and oxygen atoms in total. The Bertz CT molecular complexity index is 141. The summed E-state index contributed by atoms with van der Waals surface area (Å²) in [4.78, 5) is 2.48. The molecule has 70 valence electrons. The molecule has 1 aliphatic rings. The van der Waals surface area contributed by atoms with Crippen molar-refractivity contribution in [2.75, 3.05) is 19.0 Å². The van der Waals surface area contributed by atoms with E-state index in [0.717, 1.165) is 25.0 Å². The molecule has 0 atom stereocenters. The van der Waals surface area contributed by atoms with Gasteiger partial charge in [0.1, 0.15) is 0 Å². The number of nitrogens with zero attached hydrogens (tertiary/aromatic N) is 1. The Labute approximate surface area is 80.4 Å². The van der Waals surface area contributed by atoms with Crippen LogP contribution in [0.5, 0.6) is 0 Å². The summed E-state index contributed by atoms with van der Waals surface area (Å²) < 4.78 is 0. The van der Waals surface area contributed by atoms with Crippen LogP contribution in [0.4, 0.5) is 0 Å². The van der Waals surface area contributed by atoms with Crippen molar-refractivity contribution >= 4 is 11.6 Å². The molecule has 12 heavy (non-hydrogen) atoms. The molecule has 0 bridgehead atoms. The highest BCUT2D eigenvalue weighted by atomic mass is 35.5. The fraction of sp³-hybridized carbons (Fsp3) is 0.800. The topological polar surface area (TPSA) is 3.24 Å². The van der Waals surface area contributed by atoms with Gasteiger partial charge in [0, 0.05) is 25.0 Å². The standard InChI is InChI=1S/C10H18ClN/c1-2-3-8-12(9-7-11)10-5-4-6-10/h2-3,10H,4-9H2,1H3/b3-2+. The van der Waals surface area contributed by atoms with E-state index in [4.69, 9.17) is 11.6 Å². The molecule has 0 aromatic carbocycles. The first-order valence-electron chi connectivity index (χ1n) is 4.79. The molecule has 0 radical (unpaired) electrons. The SMILES string of the molecule is C/C=C/CN(CCCl)C1CCC1. The molecule has 0 amide bonds. The monoisotopic (exact) mass is 187 g/mol. The van der Waals surface area contributed by atoms with Crippen molar-refractivity contribution in [2.24, 2.45) is 0 Å². The van der Waals surface area contributed by atoms with E-state index in [1.807, 2.05) is 0 Å². The summed E-state index contributed by atoms with van der Waals surface area (Å²) in [5.74, 6) is 0.758. The average Bonchev–Trinajstić information content (AvgIpc) is 1.97. The molecular formula is C10H18ClN. The van der Waals surface area contributed by atoms with E-state index in [1.165, 1.54) is 19.3 Å². The van der Waals surface area contributed by atoms with Crippen molar-refractivity contribution in [3.05, 3.63) is 12.2 Å². The lowest BCUT2D eigenvalue weighted by molar-refractivity contribution is 0.150. The van der Waals surface area contributed by atoms with Crippen molar-refractivity contribution in [2.45, 2.75) is 32.2 Å². The van der Waals surface area contributed by atoms with E-state index in [2.05, 4.69) is 24.0 Å². The molecule has 0 aromatic heterocycles. The third kappa shape index (κ3) is 2.80. The average molecular weight is 188 g/mol. The van der Waals surface area contributed by atoms with E-state index >= 15 is 0 Å². The van der Waals surface area contributed by atoms with Crippen LogP contribution in [0.2, 0.25) is 0 Å². The van der Waals surface area contributed by atoms with Crippen LogP contribution in [-0.4, -0.2) is 29.9 Å². The van der Waals surface area contributed by atoms with E-state index in [9.17, 15) is 0 Å². The first-order valence-corrected chi connectivity index (χ1v) is 5.33. The number of hydrogen-bond donors (Lipinski definition) is 0. The number of alkyl halides is 1. The van der Waals surface area contributed by atoms with Gasteiger partial charge in [-0.15, -0.1) is 11.6 Å². The van der Waals surface area contributed by atoms with Crippen molar-refractivity contribution in [1.82, 2.24) is 4.90 Å². The molecule has 1 rings (SSSR count). The summed E-state index contributed by atoms with van der Waals surface area (Å²) in [5.41, 5.74) is 0. The molecule has 0 heterocycles. The molecule has 2 heteroatoms. The lowest BCUT2D eigenvalue weighted by Gasteiger charge is -2.36. The van der Waals surface area contributed by atoms with Gasteiger partial charge in [0.15, 0.2) is 0 Å². The highest BCUT2D eigenvalue weighted by molar-refractivity contribution is 6.18. The van der Waals surface area contributed by atoms with Crippen LogP contribution in [0.1, 0.15) is 26.2 Å². The molecule has 0 spiro atoms. The lowest BCUT2D eigenvalue weighted by Crippen LogP contribution is -2.41. The first-order chi connectivity index (χ1) is 5.88. The number of hydrogen-bond acceptors (Lipinski definition) is 1. The Morgan fingerprint density at radius 3 is 2.67 bits per heavy atom. The summed E-state index contributed by atoms with van der Waals surface area (Å²) >= 11 is 5.73. The second-order valence-corrected chi connectivity index (χ2v) is 3.72. The lowest BCUT2D eigenvalue weighted by atomic mass is 9.91. The summed E-state index contributed by atoms with van der Waals surface area (Å²) in [7, 11) is 0. The van der Waals surface area contributed by atoms with Crippen LogP contribution in [0, 0.1) is 0 Å². The molecule has 1 aliphatic carbocycles. The van der Waals surface area contributed by atoms with Gasteiger partial charge in [-0.1, -0.05) is 18.6 Å². The van der Waals surface area contributed by atoms with Crippen molar-refractivity contribution in [3.63, 3.8) is 0 Å². The molecule has 0 aromatic rings. The fourth-order valence-electron chi connectivity index (χ4n) is 1.52. The molecular weight excluding hydrogens is 170 g/mol. The quantitative estimate of drug-likeness (QED) is 0.473. The zero-order valence-electron chi connectivity index (χ0n) is 7.80. The second-order valence-electron chi connectivity index (χ2n) is 3.34. The van der Waals surface area contributed by atoms with Crippen LogP contribution in [-0.2, 0) is 0 Å². The minimum absolute atomic E-state index is 0.758. The van der Waals surface area contributed by atoms with E-state index < -0.39 is 0 Å². The highest BCUT2D eigenvalue weighted by Gasteiger charge is 2.23. The number of rotatable bonds is 5. The second kappa shape index (κ2) is 5.60. The predicted octanol–water partition coefficient (Wildman–Crippen LogP) is 2.66. The van der Waals surface area contributed by atoms with Crippen LogP contribution in [0.3, 0.4) is 0 Å². The van der Waals surface area contributed by atoms with Crippen molar-refractivity contribution < 1.29 is 0 Å². The zero-order valence-corrected chi connectivity index (χ0v) is 8.56. The number of allylic oxidation sites excluding steroid dienone is 1. The maximum atomic E-state index is 5.73. The summed E-state index contributed by atoms with van der Waals surface area (Å²) in [6, 6.07) is 0.819. The van der Waals surface area contributed by atoms with Crippen LogP contribution in [0.25, 0.3) is 0 Å². The smallest absolute Gasteiger partial charge is 0.0351 e. The molecule has 0 unspecified atom stereocenters. The Kier molecular flexibility index (Phi) is 4.70. The van der Waals surface area contributed by atoms with Gasteiger partial charge in [-0.05, 0) is 19.8 Å². The van der Waals surface area contributed by atoms with E-state index in [1.54, 1.807) is 0 Å². The fourth-order valence-corrected chi connectivity index (χ4v) is 1.74. The molecule has 0 saturated heterocycles. The first kappa shape index (κ1) is 10.1. The van der Waals surface area contributed by atoms with Gasteiger partial charge < -0.3 is 0 Å². The maximum Gasteiger partial charge on any atom is 0.0351 e. The summed E-state index contributed by atoms with van der Waals surface area (Å²) in [6.45, 7) is 4.18. The minimum Gasteiger partial charge on any atom is -0.296 e. The van der Waals surface area contributed by atoms with E-state index in [0.29, 0.717) is 0 Å². The maximum absolute atomic E-state index is 5.73. The molecule has 0 N–H and O–H groups in total. The largest absolute Gasteiger partial charge is 0.296 e. The van der Waals surface area contributed by atoms with Gasteiger partial charge in [0.05, 0.1) is 0 Å². The van der Waals surface area contributed by atoms with E-state index in [-0.39, 0.29) is 0 Å². The Balaban J connectivity index is 2.26. The van der Waals surface area contributed by atoms with Gasteiger partial charge >= 0.3 is 0 Å². The predicted molar refractivity (Wildman–Crippen MR) is 54.7 cm³/mol. The molecule has 1 saturated carbocycles. The minimum atomic E-state index is 0.758. The van der Waals surface area contributed by atoms with Gasteiger partial charge in [0.25, 0.3) is 0 Å². The van der Waals surface area contributed by atoms with Crippen LogP contribution in [0.15, 0.2) is 12.2 Å². The number of halogens is 1. The van der Waals surface area contributed by atoms with Crippen LogP contribution < -0.4 is 0 Å². The van der Waals surface area contributed by atoms with Crippen LogP contribution >= 0.6 is 11.6 Å². The van der Waals surface area contributed by atoms with Gasteiger partial charge in [-0.3, -0.25) is 4.90 Å². The van der Waals surface area contributed by atoms with Gasteiger partial charge in [-0.25, -0.2) is 0 Å². The Morgan fingerprint density at radius 2 is 2.25 bits per heavy atom. The summed E-state index contributed by atoms with van der Waals surface area (Å²) in [5, 5.41) is 0. The van der Waals surface area contributed by atoms with Crippen molar-refractivity contribution in [3.8, 4) is 0 Å². The van der Waals surface area contributed by atoms with Crippen molar-refractivity contribution in [1.29, 1.82) is 0 Å². The highest BCUT2D eigenvalue weighted by Crippen LogP contribution is 2.24. The van der Waals surface area contributed by atoms with Gasteiger partial charge in [-0.2, -0.15) is 0 Å². The third-order valence-electron chi connectivity index (χ3n) is 2.54. The van der Waals surface area contributed by atoms with Gasteiger partial charge in [0.2, 0.25) is 0 Å².